The topological polar surface area (TPSA) is 126 Å². The predicted molar refractivity (Wildman–Crippen MR) is 184 cm³/mol. The summed E-state index contributed by atoms with van der Waals surface area (Å²) in [6.07, 6.45) is 4.77. The van der Waals surface area contributed by atoms with Gasteiger partial charge in [0.2, 0.25) is 0 Å². The number of aromatic nitrogens is 5. The maximum absolute atomic E-state index is 14.4. The number of fused-ring (bicyclic) bond motifs is 2. The minimum Gasteiger partial charge on any atom is -0.365 e. The zero-order valence-corrected chi connectivity index (χ0v) is 26.8. The number of hydrogen-bond acceptors (Lipinski definition) is 6. The van der Waals surface area contributed by atoms with Crippen LogP contribution in [0.1, 0.15) is 33.5 Å². The molecule has 2 N–H and O–H groups in total. The minimum atomic E-state index is -3.19. The number of rotatable bonds is 10. The van der Waals surface area contributed by atoms with Crippen LogP contribution in [0.25, 0.3) is 33.5 Å². The number of sulfone groups is 1. The van der Waals surface area contributed by atoms with E-state index in [1.165, 1.54) is 18.4 Å². The molecule has 0 atom stereocenters. The first-order chi connectivity index (χ1) is 23.2. The molecule has 48 heavy (non-hydrogen) atoms. The third-order valence-electron chi connectivity index (χ3n) is 8.54. The van der Waals surface area contributed by atoms with Crippen LogP contribution in [0.4, 0.5) is 4.39 Å². The van der Waals surface area contributed by atoms with Crippen molar-refractivity contribution in [3.05, 3.63) is 150 Å². The van der Waals surface area contributed by atoms with Gasteiger partial charge in [-0.25, -0.2) is 22.8 Å². The average Bonchev–Trinajstić information content (AvgIpc) is 3.65. The predicted octanol–water partition coefficient (Wildman–Crippen LogP) is 5.96. The van der Waals surface area contributed by atoms with Crippen LogP contribution in [0.15, 0.2) is 122 Å². The molecular weight excluding hydrogens is 628 g/mol. The van der Waals surface area contributed by atoms with Crippen molar-refractivity contribution >= 4 is 37.8 Å². The van der Waals surface area contributed by atoms with E-state index in [2.05, 4.69) is 0 Å². The van der Waals surface area contributed by atoms with Gasteiger partial charge < -0.3 is 10.3 Å². The molecule has 0 aliphatic carbocycles. The second-order valence-corrected chi connectivity index (χ2v) is 14.0. The third-order valence-corrected chi connectivity index (χ3v) is 9.57. The summed E-state index contributed by atoms with van der Waals surface area (Å²) in [5, 5.41) is 5.34. The van der Waals surface area contributed by atoms with E-state index in [0.29, 0.717) is 34.4 Å². The van der Waals surface area contributed by atoms with Crippen LogP contribution in [0.2, 0.25) is 0 Å². The highest BCUT2D eigenvalue weighted by Crippen LogP contribution is 2.43. The van der Waals surface area contributed by atoms with Gasteiger partial charge in [0.15, 0.2) is 5.65 Å². The van der Waals surface area contributed by atoms with Gasteiger partial charge in [-0.05, 0) is 41.3 Å². The summed E-state index contributed by atoms with van der Waals surface area (Å²) in [4.78, 5) is 23.0. The molecule has 0 bridgehead atoms. The van der Waals surface area contributed by atoms with Gasteiger partial charge in [-0.3, -0.25) is 9.48 Å². The van der Waals surface area contributed by atoms with Gasteiger partial charge in [0.25, 0.3) is 5.91 Å². The lowest BCUT2D eigenvalue weighted by molar-refractivity contribution is 0.100. The molecule has 3 heterocycles. The molecule has 4 aromatic carbocycles. The van der Waals surface area contributed by atoms with Crippen LogP contribution in [-0.2, 0) is 21.9 Å². The number of carbonyl (C=O) groups is 1. The van der Waals surface area contributed by atoms with E-state index in [1.807, 2.05) is 95.6 Å². The highest BCUT2D eigenvalue weighted by Gasteiger charge is 2.40. The summed E-state index contributed by atoms with van der Waals surface area (Å²) < 4.78 is 41.5. The molecule has 3 aromatic heterocycles. The van der Waals surface area contributed by atoms with Gasteiger partial charge >= 0.3 is 0 Å². The molecule has 1 amide bonds. The monoisotopic (exact) mass is 658 g/mol. The first kappa shape index (κ1) is 30.9. The number of nitrogens with zero attached hydrogens (tertiary/aromatic N) is 5. The molecule has 11 heteroatoms. The Hall–Kier alpha value is -5.68. The molecule has 240 valence electrons. The van der Waals surface area contributed by atoms with Crippen molar-refractivity contribution in [2.75, 3.05) is 12.0 Å². The molecule has 0 aliphatic rings. The van der Waals surface area contributed by atoms with Gasteiger partial charge in [-0.15, -0.1) is 0 Å². The standard InChI is InChI=1S/C37H31FN6O3S/c1-48(46,47)21-11-20-44-32-22-28(38)18-19-29(32)33(42-44)31-23-40-36-34(41-31)30(35(39)45)24-43(36)37(25-12-5-2-6-13-25,26-14-7-3-8-15-26)27-16-9-4-10-17-27/h2-10,12-19,22-24H,11,20-21H2,1H3,(H2,39,45). The Morgan fingerprint density at radius 2 is 1.46 bits per heavy atom. The highest BCUT2D eigenvalue weighted by molar-refractivity contribution is 7.90. The first-order valence-corrected chi connectivity index (χ1v) is 17.4. The molecule has 0 unspecified atom stereocenters. The second-order valence-electron chi connectivity index (χ2n) is 11.7. The van der Waals surface area contributed by atoms with Crippen molar-refractivity contribution < 1.29 is 17.6 Å². The van der Waals surface area contributed by atoms with E-state index in [0.717, 1.165) is 16.7 Å². The maximum Gasteiger partial charge on any atom is 0.252 e. The molecular formula is C37H31FN6O3S. The lowest BCUT2D eigenvalue weighted by Gasteiger charge is -2.38. The fraction of sp³-hybridized carbons (Fsp3) is 0.135. The normalized spacial score (nSPS) is 12.1. The van der Waals surface area contributed by atoms with Gasteiger partial charge in [0, 0.05) is 24.4 Å². The smallest absolute Gasteiger partial charge is 0.252 e. The van der Waals surface area contributed by atoms with Gasteiger partial charge in [-0.2, -0.15) is 5.10 Å². The zero-order chi connectivity index (χ0) is 33.5. The number of aryl methyl sites for hydroxylation is 1. The zero-order valence-electron chi connectivity index (χ0n) is 26.0. The molecule has 0 fully saturated rings. The number of benzene rings is 4. The molecule has 7 rings (SSSR count). The van der Waals surface area contributed by atoms with Crippen LogP contribution < -0.4 is 5.73 Å². The van der Waals surface area contributed by atoms with E-state index < -0.39 is 27.1 Å². The van der Waals surface area contributed by atoms with Crippen LogP contribution in [0.3, 0.4) is 0 Å². The van der Waals surface area contributed by atoms with Gasteiger partial charge in [0.05, 0.1) is 23.0 Å². The Labute approximate surface area is 276 Å². The Bertz CT molecular complexity index is 2300. The van der Waals surface area contributed by atoms with E-state index in [9.17, 15) is 17.6 Å². The summed E-state index contributed by atoms with van der Waals surface area (Å²) >= 11 is 0. The van der Waals surface area contributed by atoms with Crippen molar-refractivity contribution in [3.63, 3.8) is 0 Å². The second kappa shape index (κ2) is 12.2. The number of nitrogens with two attached hydrogens (primary N) is 1. The number of hydrogen-bond donors (Lipinski definition) is 1. The van der Waals surface area contributed by atoms with Crippen molar-refractivity contribution in [1.29, 1.82) is 0 Å². The lowest BCUT2D eigenvalue weighted by atomic mass is 9.76. The number of halogens is 1. The van der Waals surface area contributed by atoms with Gasteiger partial charge in [0.1, 0.15) is 38.1 Å². The summed E-state index contributed by atoms with van der Waals surface area (Å²) in [5.74, 6) is -1.16. The van der Waals surface area contributed by atoms with E-state index >= 15 is 0 Å². The minimum absolute atomic E-state index is 0.0355. The fourth-order valence-electron chi connectivity index (χ4n) is 6.48. The van der Waals surface area contributed by atoms with Crippen LogP contribution in [0, 0.1) is 5.82 Å². The van der Waals surface area contributed by atoms with Crippen LogP contribution in [-0.4, -0.2) is 50.6 Å². The Kier molecular flexibility index (Phi) is 7.84. The summed E-state index contributed by atoms with van der Waals surface area (Å²) in [6, 6.07) is 34.2. The highest BCUT2D eigenvalue weighted by atomic mass is 32.2. The number of primary amides is 1. The van der Waals surface area contributed by atoms with E-state index in [1.54, 1.807) is 23.1 Å². The first-order valence-electron chi connectivity index (χ1n) is 15.4. The molecule has 9 nitrogen and oxygen atoms in total. The quantitative estimate of drug-likeness (QED) is 0.181. The van der Waals surface area contributed by atoms with Crippen molar-refractivity contribution in [2.24, 2.45) is 5.73 Å². The molecule has 0 saturated heterocycles. The van der Waals surface area contributed by atoms with Gasteiger partial charge in [-0.1, -0.05) is 91.0 Å². The summed E-state index contributed by atoms with van der Waals surface area (Å²) in [5.41, 5.74) is 9.98. The molecule has 7 aromatic rings. The Morgan fingerprint density at radius 3 is 2.00 bits per heavy atom. The Balaban J connectivity index is 1.48. The lowest BCUT2D eigenvalue weighted by Crippen LogP contribution is -2.37. The summed E-state index contributed by atoms with van der Waals surface area (Å²) in [7, 11) is -3.19. The molecule has 0 radical (unpaired) electrons. The summed E-state index contributed by atoms with van der Waals surface area (Å²) in [6.45, 7) is 0.249. The molecule has 0 spiro atoms. The van der Waals surface area contributed by atoms with Crippen LogP contribution in [0.5, 0.6) is 0 Å². The third kappa shape index (κ3) is 5.41. The van der Waals surface area contributed by atoms with Crippen LogP contribution >= 0.6 is 0 Å². The van der Waals surface area contributed by atoms with E-state index in [4.69, 9.17) is 20.8 Å². The molecule has 0 saturated carbocycles. The van der Waals surface area contributed by atoms with Crippen molar-refractivity contribution in [2.45, 2.75) is 18.5 Å². The average molecular weight is 659 g/mol. The maximum atomic E-state index is 14.4. The Morgan fingerprint density at radius 1 is 0.875 bits per heavy atom. The van der Waals surface area contributed by atoms with Crippen molar-refractivity contribution in [1.82, 2.24) is 24.3 Å². The fourth-order valence-corrected chi connectivity index (χ4v) is 7.13. The SMILES string of the molecule is CS(=O)(=O)CCCn1nc(-c2cnc3c(n2)c(C(N)=O)cn3C(c2ccccc2)(c2ccccc2)c2ccccc2)c2ccc(F)cc21. The number of amides is 1. The van der Waals surface area contributed by atoms with Crippen molar-refractivity contribution in [3.8, 4) is 11.4 Å². The largest absolute Gasteiger partial charge is 0.365 e. The van der Waals surface area contributed by atoms with E-state index in [-0.39, 0.29) is 23.4 Å². The molecule has 0 aliphatic heterocycles. The number of carbonyl (C=O) groups excluding carboxylic acids is 1.